The molecule has 0 saturated heterocycles. The summed E-state index contributed by atoms with van der Waals surface area (Å²) in [7, 11) is 0. The Morgan fingerprint density at radius 1 is 0.400 bits per heavy atom. The van der Waals surface area contributed by atoms with Crippen LogP contribution in [0.3, 0.4) is 0 Å². The second-order valence-electron chi connectivity index (χ2n) is 16.2. The zero-order valence-electron chi connectivity index (χ0n) is 34.1. The highest BCUT2D eigenvalue weighted by Crippen LogP contribution is 2.57. The fourth-order valence-electron chi connectivity index (χ4n) is 10.4. The summed E-state index contributed by atoms with van der Waals surface area (Å²) in [6.45, 7) is 4.73. The maximum Gasteiger partial charge on any atom is 0.0465 e. The van der Waals surface area contributed by atoms with Crippen molar-refractivity contribution in [2.24, 2.45) is 0 Å². The Balaban J connectivity index is 1.06. The smallest absolute Gasteiger partial charge is 0.0465 e. The van der Waals surface area contributed by atoms with Gasteiger partial charge in [0, 0.05) is 22.5 Å². The Labute approximate surface area is 353 Å². The predicted octanol–water partition coefficient (Wildman–Crippen LogP) is 16.5. The summed E-state index contributed by atoms with van der Waals surface area (Å²) in [4.78, 5) is 2.39. The summed E-state index contributed by atoms with van der Waals surface area (Å²) in [6, 6.07) is 73.7. The van der Waals surface area contributed by atoms with Crippen LogP contribution in [0.4, 0.5) is 17.1 Å². The van der Waals surface area contributed by atoms with E-state index in [1.54, 1.807) is 0 Å². The summed E-state index contributed by atoms with van der Waals surface area (Å²) in [6.07, 6.45) is 6.76. The van der Waals surface area contributed by atoms with Crippen molar-refractivity contribution in [3.63, 3.8) is 0 Å². The fraction of sp³-hybridized carbons (Fsp3) is 0.0847. The maximum atomic E-state index is 2.48. The van der Waals surface area contributed by atoms with Crippen LogP contribution in [0, 0.1) is 0 Å². The van der Waals surface area contributed by atoms with Crippen molar-refractivity contribution >= 4 is 40.0 Å². The third-order valence-electron chi connectivity index (χ3n) is 13.3. The van der Waals surface area contributed by atoms with Gasteiger partial charge >= 0.3 is 0 Å². The molecule has 11 rings (SSSR count). The minimum absolute atomic E-state index is 0.0999. The number of nitrogens with zero attached hydrogens (tertiary/aromatic N) is 1. The molecule has 2 aliphatic rings. The Kier molecular flexibility index (Phi) is 8.71. The van der Waals surface area contributed by atoms with E-state index in [1.807, 2.05) is 0 Å². The van der Waals surface area contributed by atoms with Gasteiger partial charge < -0.3 is 4.90 Å². The lowest BCUT2D eigenvalue weighted by atomic mass is 9.73. The van der Waals surface area contributed by atoms with Crippen molar-refractivity contribution in [3.05, 3.63) is 222 Å². The lowest BCUT2D eigenvalue weighted by Gasteiger charge is -2.32. The molecule has 1 heteroatoms. The molecule has 1 nitrogen and oxygen atoms in total. The van der Waals surface area contributed by atoms with Gasteiger partial charge in [0.05, 0.1) is 0 Å². The Hall–Kier alpha value is -7.22. The predicted molar refractivity (Wildman–Crippen MR) is 256 cm³/mol. The molecular weight excluding hydrogens is 723 g/mol. The molecular formula is C59H45N. The maximum absolute atomic E-state index is 2.48. The second-order valence-corrected chi connectivity index (χ2v) is 16.2. The van der Waals surface area contributed by atoms with Crippen molar-refractivity contribution in [2.45, 2.75) is 32.1 Å². The van der Waals surface area contributed by atoms with Crippen LogP contribution in [-0.2, 0) is 5.41 Å². The molecule has 0 unspecified atom stereocenters. The first-order valence-corrected chi connectivity index (χ1v) is 21.4. The van der Waals surface area contributed by atoms with Gasteiger partial charge in [0.15, 0.2) is 0 Å². The van der Waals surface area contributed by atoms with Gasteiger partial charge in [-0.25, -0.2) is 0 Å². The van der Waals surface area contributed by atoms with Gasteiger partial charge in [-0.2, -0.15) is 0 Å². The first-order valence-electron chi connectivity index (χ1n) is 21.4. The SMILES string of the molecule is CCC1(CC)c2cc(/C=C/c3cc(-c4ccccc4)c4c(c3-c3ccccc3)-c3cccc5cccc-4c35)ccc2-c2ccc(N(c3ccccc3)c3ccccc3)cc21. The molecule has 2 aliphatic carbocycles. The molecule has 0 heterocycles. The van der Waals surface area contributed by atoms with Gasteiger partial charge in [-0.15, -0.1) is 0 Å². The van der Waals surface area contributed by atoms with Gasteiger partial charge in [0.1, 0.15) is 0 Å². The van der Waals surface area contributed by atoms with Crippen molar-refractivity contribution < 1.29 is 0 Å². The van der Waals surface area contributed by atoms with E-state index in [2.05, 4.69) is 231 Å². The van der Waals surface area contributed by atoms with Gasteiger partial charge in [-0.05, 0) is 144 Å². The van der Waals surface area contributed by atoms with Gasteiger partial charge in [0.2, 0.25) is 0 Å². The number of hydrogen-bond donors (Lipinski definition) is 0. The zero-order chi connectivity index (χ0) is 40.2. The Morgan fingerprint density at radius 2 is 0.950 bits per heavy atom. The number of fused-ring (bicyclic) bond motifs is 6. The minimum atomic E-state index is -0.0999. The van der Waals surface area contributed by atoms with Crippen LogP contribution in [0.2, 0.25) is 0 Å². The number of hydrogen-bond acceptors (Lipinski definition) is 1. The summed E-state index contributed by atoms with van der Waals surface area (Å²) in [5, 5.41) is 2.63. The van der Waals surface area contributed by atoms with Gasteiger partial charge in [0.25, 0.3) is 0 Å². The van der Waals surface area contributed by atoms with Crippen LogP contribution in [0.25, 0.3) is 78.6 Å². The van der Waals surface area contributed by atoms with Crippen LogP contribution in [0.1, 0.15) is 48.9 Å². The fourth-order valence-corrected chi connectivity index (χ4v) is 10.4. The van der Waals surface area contributed by atoms with Gasteiger partial charge in [-0.3, -0.25) is 0 Å². The summed E-state index contributed by atoms with van der Waals surface area (Å²) in [5.41, 5.74) is 21.7. The Bertz CT molecular complexity index is 3040. The highest BCUT2D eigenvalue weighted by Gasteiger charge is 2.41. The molecule has 0 radical (unpaired) electrons. The third kappa shape index (κ3) is 5.61. The van der Waals surface area contributed by atoms with E-state index in [0.29, 0.717) is 0 Å². The van der Waals surface area contributed by atoms with Crippen LogP contribution in [-0.4, -0.2) is 0 Å². The van der Waals surface area contributed by atoms with E-state index in [-0.39, 0.29) is 5.41 Å². The van der Waals surface area contributed by atoms with Crippen molar-refractivity contribution in [1.29, 1.82) is 0 Å². The van der Waals surface area contributed by atoms with E-state index in [4.69, 9.17) is 0 Å². The highest BCUT2D eigenvalue weighted by molar-refractivity contribution is 6.22. The van der Waals surface area contributed by atoms with Crippen molar-refractivity contribution in [2.75, 3.05) is 4.90 Å². The molecule has 0 aliphatic heterocycles. The molecule has 60 heavy (non-hydrogen) atoms. The molecule has 0 fully saturated rings. The quantitative estimate of drug-likeness (QED) is 0.132. The molecule has 0 N–H and O–H groups in total. The summed E-state index contributed by atoms with van der Waals surface area (Å²) >= 11 is 0. The summed E-state index contributed by atoms with van der Waals surface area (Å²) in [5.74, 6) is 0. The van der Waals surface area contributed by atoms with Crippen molar-refractivity contribution in [3.8, 4) is 55.6 Å². The molecule has 9 aromatic rings. The Morgan fingerprint density at radius 3 is 1.57 bits per heavy atom. The normalized spacial score (nSPS) is 13.0. The molecule has 0 aromatic heterocycles. The average Bonchev–Trinajstić information content (AvgIpc) is 3.80. The first kappa shape index (κ1) is 35.9. The average molecular weight is 768 g/mol. The highest BCUT2D eigenvalue weighted by atomic mass is 15.1. The van der Waals surface area contributed by atoms with Crippen LogP contribution in [0.15, 0.2) is 200 Å². The third-order valence-corrected chi connectivity index (χ3v) is 13.3. The number of para-hydroxylation sites is 2. The number of benzene rings is 9. The molecule has 0 amide bonds. The first-order chi connectivity index (χ1) is 29.7. The van der Waals surface area contributed by atoms with Crippen molar-refractivity contribution in [1.82, 2.24) is 0 Å². The standard InChI is InChI=1S/C59H45N/c1-3-59(4-2)53-37-40(32-35-48(53)49-36-34-47(39-54(49)59)60(45-25-13-7-14-26-45)46-27-15-8-16-28-46)31-33-44-38-52(41-19-9-5-10-20-41)57-50-29-17-23-43-24-18-30-51(56(43)50)58(57)55(44)42-21-11-6-12-22-42/h5-39H,3-4H2,1-2H3/b33-31+. The van der Waals surface area contributed by atoms with Crippen LogP contribution in [0.5, 0.6) is 0 Å². The summed E-state index contributed by atoms with van der Waals surface area (Å²) < 4.78 is 0. The van der Waals surface area contributed by atoms with E-state index >= 15 is 0 Å². The molecule has 286 valence electrons. The molecule has 0 atom stereocenters. The lowest BCUT2D eigenvalue weighted by Crippen LogP contribution is -2.23. The zero-order valence-corrected chi connectivity index (χ0v) is 34.1. The monoisotopic (exact) mass is 767 g/mol. The number of anilines is 3. The minimum Gasteiger partial charge on any atom is -0.310 e. The number of rotatable bonds is 9. The van der Waals surface area contributed by atoms with Crippen LogP contribution < -0.4 is 4.90 Å². The molecule has 0 saturated carbocycles. The topological polar surface area (TPSA) is 3.24 Å². The van der Waals surface area contributed by atoms with E-state index < -0.39 is 0 Å². The lowest BCUT2D eigenvalue weighted by molar-refractivity contribution is 0.490. The van der Waals surface area contributed by atoms with E-state index in [9.17, 15) is 0 Å². The molecule has 0 bridgehead atoms. The van der Waals surface area contributed by atoms with E-state index in [1.165, 1.54) is 94.3 Å². The molecule has 9 aromatic carbocycles. The van der Waals surface area contributed by atoms with E-state index in [0.717, 1.165) is 24.2 Å². The second kappa shape index (κ2) is 14.6. The molecule has 0 spiro atoms. The van der Waals surface area contributed by atoms with Gasteiger partial charge in [-0.1, -0.05) is 184 Å². The largest absolute Gasteiger partial charge is 0.310 e. The van der Waals surface area contributed by atoms with Crippen LogP contribution >= 0.6 is 0 Å².